The summed E-state index contributed by atoms with van der Waals surface area (Å²) in [6.07, 6.45) is 21.6. The molecule has 0 saturated carbocycles. The van der Waals surface area contributed by atoms with Crippen molar-refractivity contribution >= 4 is 0 Å². The first kappa shape index (κ1) is 27.2. The van der Waals surface area contributed by atoms with Crippen molar-refractivity contribution in [2.24, 2.45) is 0 Å². The van der Waals surface area contributed by atoms with E-state index in [1.807, 2.05) is 12.1 Å². The topological polar surface area (TPSA) is 27.7 Å². The van der Waals surface area contributed by atoms with Crippen LogP contribution in [0.25, 0.3) is 0 Å². The maximum Gasteiger partial charge on any atom is 0.184 e. The number of hydrogen-bond donors (Lipinski definition) is 0. The Bertz CT molecular complexity index is 573. The summed E-state index contributed by atoms with van der Waals surface area (Å²) >= 11 is 0. The molecular formula is C29H50O3. The van der Waals surface area contributed by atoms with Crippen LogP contribution in [0.3, 0.4) is 0 Å². The normalized spacial score (nSPS) is 21.0. The van der Waals surface area contributed by atoms with Gasteiger partial charge in [0.2, 0.25) is 0 Å². The van der Waals surface area contributed by atoms with E-state index in [9.17, 15) is 0 Å². The van der Waals surface area contributed by atoms with E-state index < -0.39 is 0 Å². The van der Waals surface area contributed by atoms with Crippen LogP contribution in [0.5, 0.6) is 5.75 Å². The van der Waals surface area contributed by atoms with Crippen molar-refractivity contribution in [2.75, 3.05) is 6.61 Å². The summed E-state index contributed by atoms with van der Waals surface area (Å²) < 4.78 is 18.1. The minimum atomic E-state index is -0.270. The van der Waals surface area contributed by atoms with Gasteiger partial charge in [-0.3, -0.25) is 0 Å². The molecule has 0 aliphatic carbocycles. The molecule has 1 fully saturated rings. The molecule has 3 unspecified atom stereocenters. The van der Waals surface area contributed by atoms with E-state index in [1.54, 1.807) is 0 Å². The molecule has 3 atom stereocenters. The summed E-state index contributed by atoms with van der Waals surface area (Å²) in [5.41, 5.74) is 1.06. The zero-order valence-corrected chi connectivity index (χ0v) is 21.3. The fourth-order valence-corrected chi connectivity index (χ4v) is 4.56. The third kappa shape index (κ3) is 11.7. The zero-order valence-electron chi connectivity index (χ0n) is 21.3. The van der Waals surface area contributed by atoms with Crippen LogP contribution in [0.1, 0.15) is 135 Å². The first-order valence-corrected chi connectivity index (χ1v) is 13.8. The molecule has 1 heterocycles. The molecule has 1 aliphatic heterocycles. The van der Waals surface area contributed by atoms with Gasteiger partial charge in [-0.1, -0.05) is 109 Å². The molecule has 184 valence electrons. The lowest BCUT2D eigenvalue weighted by Crippen LogP contribution is -2.31. The van der Waals surface area contributed by atoms with Crippen molar-refractivity contribution in [2.45, 2.75) is 142 Å². The number of rotatable bonds is 18. The second kappa shape index (κ2) is 17.4. The van der Waals surface area contributed by atoms with Crippen molar-refractivity contribution in [3.63, 3.8) is 0 Å². The fraction of sp³-hybridized carbons (Fsp3) is 0.793. The van der Waals surface area contributed by atoms with Crippen LogP contribution in [-0.2, 0) is 9.47 Å². The van der Waals surface area contributed by atoms with Crippen molar-refractivity contribution in [3.05, 3.63) is 29.8 Å². The molecule has 3 nitrogen and oxygen atoms in total. The minimum Gasteiger partial charge on any atom is -0.494 e. The predicted octanol–water partition coefficient (Wildman–Crippen LogP) is 9.15. The monoisotopic (exact) mass is 446 g/mol. The average Bonchev–Trinajstić information content (AvgIpc) is 2.81. The van der Waals surface area contributed by atoms with Crippen LogP contribution in [0.4, 0.5) is 0 Å². The van der Waals surface area contributed by atoms with E-state index in [0.29, 0.717) is 0 Å². The Morgan fingerprint density at radius 3 is 1.97 bits per heavy atom. The second-order valence-electron chi connectivity index (χ2n) is 9.70. The fourth-order valence-electron chi connectivity index (χ4n) is 4.56. The van der Waals surface area contributed by atoms with Gasteiger partial charge in [-0.15, -0.1) is 0 Å². The summed E-state index contributed by atoms with van der Waals surface area (Å²) in [5.74, 6) is 0.927. The highest BCUT2D eigenvalue weighted by Gasteiger charge is 2.27. The smallest absolute Gasteiger partial charge is 0.184 e. The lowest BCUT2D eigenvalue weighted by Gasteiger charge is -2.34. The van der Waals surface area contributed by atoms with Gasteiger partial charge in [0, 0.05) is 5.56 Å². The van der Waals surface area contributed by atoms with Gasteiger partial charge in [0.05, 0.1) is 18.8 Å². The van der Waals surface area contributed by atoms with Crippen molar-refractivity contribution in [3.8, 4) is 5.75 Å². The third-order valence-corrected chi connectivity index (χ3v) is 6.62. The lowest BCUT2D eigenvalue weighted by atomic mass is 10.0. The van der Waals surface area contributed by atoms with Gasteiger partial charge in [-0.05, 0) is 38.3 Å². The van der Waals surface area contributed by atoms with Crippen LogP contribution in [0.15, 0.2) is 24.3 Å². The highest BCUT2D eigenvalue weighted by molar-refractivity contribution is 5.29. The van der Waals surface area contributed by atoms with E-state index in [0.717, 1.165) is 37.2 Å². The van der Waals surface area contributed by atoms with Crippen molar-refractivity contribution in [1.82, 2.24) is 0 Å². The van der Waals surface area contributed by atoms with Gasteiger partial charge in [-0.25, -0.2) is 0 Å². The first-order chi connectivity index (χ1) is 15.7. The van der Waals surface area contributed by atoms with Crippen molar-refractivity contribution < 1.29 is 14.2 Å². The number of ether oxygens (including phenoxy) is 3. The molecule has 1 aromatic rings. The molecule has 0 bridgehead atoms. The number of hydrogen-bond acceptors (Lipinski definition) is 3. The molecule has 0 amide bonds. The summed E-state index contributed by atoms with van der Waals surface area (Å²) in [6, 6.07) is 8.24. The molecule has 0 aromatic heterocycles. The van der Waals surface area contributed by atoms with Gasteiger partial charge in [0.25, 0.3) is 0 Å². The molecule has 3 heteroatoms. The van der Waals surface area contributed by atoms with Gasteiger partial charge >= 0.3 is 0 Å². The number of benzene rings is 1. The molecular weight excluding hydrogens is 396 g/mol. The Balaban J connectivity index is 1.47. The van der Waals surface area contributed by atoms with E-state index in [2.05, 4.69) is 32.9 Å². The van der Waals surface area contributed by atoms with Gasteiger partial charge in [0.1, 0.15) is 5.75 Å². The van der Waals surface area contributed by atoms with Gasteiger partial charge in [-0.2, -0.15) is 0 Å². The zero-order chi connectivity index (χ0) is 22.9. The van der Waals surface area contributed by atoms with Crippen LogP contribution in [0, 0.1) is 0 Å². The molecule has 1 saturated heterocycles. The molecule has 0 radical (unpaired) electrons. The number of unbranched alkanes of at least 4 members (excludes halogenated alkanes) is 13. The highest BCUT2D eigenvalue weighted by Crippen LogP contribution is 2.32. The Morgan fingerprint density at radius 2 is 1.38 bits per heavy atom. The van der Waals surface area contributed by atoms with Gasteiger partial charge < -0.3 is 14.2 Å². The summed E-state index contributed by atoms with van der Waals surface area (Å²) in [7, 11) is 0. The van der Waals surface area contributed by atoms with Gasteiger partial charge in [0.15, 0.2) is 6.29 Å². The third-order valence-electron chi connectivity index (χ3n) is 6.62. The standard InChI is InChI=1S/C29H50O3/c1-4-6-7-8-9-10-11-12-13-14-15-16-17-18-22-30-28-21-19-20-26(24-28)29-31-25(3)23-27(5-2)32-29/h19-21,24-25,27,29H,4-18,22-23H2,1-3H3. The second-order valence-corrected chi connectivity index (χ2v) is 9.70. The van der Waals surface area contributed by atoms with Crippen molar-refractivity contribution in [1.29, 1.82) is 0 Å². The summed E-state index contributed by atoms with van der Waals surface area (Å²) in [4.78, 5) is 0. The Kier molecular flexibility index (Phi) is 14.8. The Morgan fingerprint density at radius 1 is 0.781 bits per heavy atom. The lowest BCUT2D eigenvalue weighted by molar-refractivity contribution is -0.243. The molecule has 0 spiro atoms. The molecule has 0 N–H and O–H groups in total. The molecule has 1 aliphatic rings. The van der Waals surface area contributed by atoms with Crippen LogP contribution in [0.2, 0.25) is 0 Å². The highest BCUT2D eigenvalue weighted by atomic mass is 16.7. The van der Waals surface area contributed by atoms with E-state index in [-0.39, 0.29) is 18.5 Å². The largest absolute Gasteiger partial charge is 0.494 e. The molecule has 32 heavy (non-hydrogen) atoms. The van der Waals surface area contributed by atoms with Crippen LogP contribution in [-0.4, -0.2) is 18.8 Å². The molecule has 1 aromatic carbocycles. The molecule has 2 rings (SSSR count). The maximum atomic E-state index is 6.10. The SMILES string of the molecule is CCCCCCCCCCCCCCCCOc1cccc(C2OC(C)CC(CC)O2)c1. The quantitative estimate of drug-likeness (QED) is 0.210. The minimum absolute atomic E-state index is 0.235. The predicted molar refractivity (Wildman–Crippen MR) is 135 cm³/mol. The van der Waals surface area contributed by atoms with Crippen LogP contribution >= 0.6 is 0 Å². The van der Waals surface area contributed by atoms with E-state index >= 15 is 0 Å². The van der Waals surface area contributed by atoms with E-state index in [1.165, 1.54) is 83.5 Å². The maximum absolute atomic E-state index is 6.10. The van der Waals surface area contributed by atoms with Crippen LogP contribution < -0.4 is 4.74 Å². The summed E-state index contributed by atoms with van der Waals surface area (Å²) in [5, 5.41) is 0. The Labute approximate surface area is 198 Å². The average molecular weight is 447 g/mol. The Hall–Kier alpha value is -1.06. The summed E-state index contributed by atoms with van der Waals surface area (Å²) in [6.45, 7) is 7.39. The van der Waals surface area contributed by atoms with E-state index in [4.69, 9.17) is 14.2 Å². The first-order valence-electron chi connectivity index (χ1n) is 13.8.